The number of nitrogens with one attached hydrogen (secondary N) is 3. The van der Waals surface area contributed by atoms with Crippen LogP contribution in [0, 0.1) is 0 Å². The highest BCUT2D eigenvalue weighted by Gasteiger charge is 2.62. The van der Waals surface area contributed by atoms with Gasteiger partial charge in [-0.1, -0.05) is 60.7 Å². The maximum absolute atomic E-state index is 13.6. The third-order valence-corrected chi connectivity index (χ3v) is 9.49. The van der Waals surface area contributed by atoms with Gasteiger partial charge in [-0.05, 0) is 40.2 Å². The number of hydrogen-bond donors (Lipinski definition) is 3. The number of carbonyl (C=O) groups excluding carboxylic acids is 3. The Hall–Kier alpha value is -3.55. The summed E-state index contributed by atoms with van der Waals surface area (Å²) in [6.07, 6.45) is -9.60. The van der Waals surface area contributed by atoms with Gasteiger partial charge in [0.2, 0.25) is 5.91 Å². The molecule has 0 aliphatic carbocycles. The molecular weight excluding hydrogens is 694 g/mol. The lowest BCUT2D eigenvalue weighted by atomic mass is 9.95. The molecule has 0 radical (unpaired) electrons. The Labute approximate surface area is 307 Å². The predicted octanol–water partition coefficient (Wildman–Crippen LogP) is 1.86. The standard InChI is InChI=1S/C37H47N3O13/c1-19(31(42)39-40-32(43)29-27-28(51-36(3,4)50-27)30-35(49-29)53-37(5,6)52-30)46-26-24(38-20(2)41)34(44-17-21-13-9-7-10-14-21)47-23-18-45-33(48-25(23)26)22-15-11-8-12-16-22/h7-16,19,23-30,33-35H,17-18H2,1-6H3,(H,38,41)(H,39,42)(H,40,43)/t19-,23-,24-,25+,26-,27-,28+,29+,30-,33+,34+,35-/m1/s1. The van der Waals surface area contributed by atoms with Crippen LogP contribution >= 0.6 is 0 Å². The molecule has 16 heteroatoms. The molecule has 0 saturated carbocycles. The zero-order chi connectivity index (χ0) is 37.5. The van der Waals surface area contributed by atoms with Crippen LogP contribution in [0.3, 0.4) is 0 Å². The van der Waals surface area contributed by atoms with Gasteiger partial charge >= 0.3 is 0 Å². The molecule has 2 aromatic rings. The largest absolute Gasteiger partial charge is 0.360 e. The van der Waals surface area contributed by atoms with E-state index in [2.05, 4.69) is 16.2 Å². The molecule has 0 unspecified atom stereocenters. The first kappa shape index (κ1) is 37.8. The van der Waals surface area contributed by atoms with Crippen molar-refractivity contribution in [3.8, 4) is 0 Å². The minimum Gasteiger partial charge on any atom is -0.360 e. The van der Waals surface area contributed by atoms with Gasteiger partial charge in [-0.2, -0.15) is 0 Å². The van der Waals surface area contributed by atoms with Crippen molar-refractivity contribution >= 4 is 17.7 Å². The van der Waals surface area contributed by atoms with Gasteiger partial charge in [0.05, 0.1) is 13.2 Å². The van der Waals surface area contributed by atoms with Crippen LogP contribution in [0.1, 0.15) is 59.0 Å². The molecule has 5 fully saturated rings. The summed E-state index contributed by atoms with van der Waals surface area (Å²) in [5.74, 6) is -3.74. The van der Waals surface area contributed by atoms with E-state index in [4.69, 9.17) is 47.4 Å². The molecule has 16 nitrogen and oxygen atoms in total. The Kier molecular flexibility index (Phi) is 10.9. The molecule has 3 N–H and O–H groups in total. The predicted molar refractivity (Wildman–Crippen MR) is 181 cm³/mol. The van der Waals surface area contributed by atoms with Crippen LogP contribution in [-0.2, 0) is 68.4 Å². The van der Waals surface area contributed by atoms with Crippen molar-refractivity contribution in [3.05, 3.63) is 71.8 Å². The van der Waals surface area contributed by atoms with Crippen molar-refractivity contribution in [1.29, 1.82) is 0 Å². The van der Waals surface area contributed by atoms with Crippen LogP contribution in [-0.4, -0.2) is 103 Å². The lowest BCUT2D eigenvalue weighted by Crippen LogP contribution is -2.68. The van der Waals surface area contributed by atoms with Gasteiger partial charge in [0.25, 0.3) is 11.8 Å². The smallest absolute Gasteiger partial charge is 0.270 e. The first-order valence-electron chi connectivity index (χ1n) is 17.8. The summed E-state index contributed by atoms with van der Waals surface area (Å²) in [4.78, 5) is 39.7. The topological polar surface area (TPSA) is 180 Å². The first-order chi connectivity index (χ1) is 25.3. The highest BCUT2D eigenvalue weighted by atomic mass is 16.9. The number of carbonyl (C=O) groups is 3. The normalized spacial score (nSPS) is 35.9. The maximum atomic E-state index is 13.6. The quantitative estimate of drug-likeness (QED) is 0.318. The molecule has 3 amide bonds. The van der Waals surface area contributed by atoms with Crippen LogP contribution in [0.5, 0.6) is 0 Å². The van der Waals surface area contributed by atoms with Crippen molar-refractivity contribution in [2.75, 3.05) is 6.61 Å². The van der Waals surface area contributed by atoms with Gasteiger partial charge in [-0.25, -0.2) is 0 Å². The summed E-state index contributed by atoms with van der Waals surface area (Å²) in [5, 5.41) is 2.89. The summed E-state index contributed by atoms with van der Waals surface area (Å²) in [5.41, 5.74) is 6.54. The summed E-state index contributed by atoms with van der Waals surface area (Å²) in [7, 11) is 0. The van der Waals surface area contributed by atoms with Crippen molar-refractivity contribution in [2.24, 2.45) is 0 Å². The van der Waals surface area contributed by atoms with E-state index in [9.17, 15) is 14.4 Å². The third-order valence-electron chi connectivity index (χ3n) is 9.49. The van der Waals surface area contributed by atoms with Gasteiger partial charge in [-0.3, -0.25) is 25.2 Å². The number of amides is 3. The molecule has 12 atom stereocenters. The second-order valence-electron chi connectivity index (χ2n) is 14.6. The van der Waals surface area contributed by atoms with E-state index in [1.54, 1.807) is 27.7 Å². The minimum absolute atomic E-state index is 0.124. The molecular formula is C37H47N3O13. The van der Waals surface area contributed by atoms with Crippen molar-refractivity contribution in [3.63, 3.8) is 0 Å². The third kappa shape index (κ3) is 8.42. The molecule has 0 spiro atoms. The monoisotopic (exact) mass is 741 g/mol. The zero-order valence-corrected chi connectivity index (χ0v) is 30.4. The van der Waals surface area contributed by atoms with E-state index < -0.39 is 97.1 Å². The molecule has 288 valence electrons. The molecule has 5 heterocycles. The molecule has 5 saturated heterocycles. The first-order valence-corrected chi connectivity index (χ1v) is 17.8. The Balaban J connectivity index is 1.06. The summed E-state index contributed by atoms with van der Waals surface area (Å²) in [6.45, 7) is 10.1. The van der Waals surface area contributed by atoms with Gasteiger partial charge in [0.1, 0.15) is 48.8 Å². The highest BCUT2D eigenvalue weighted by molar-refractivity contribution is 5.86. The number of benzene rings is 2. The Morgan fingerprint density at radius 1 is 0.811 bits per heavy atom. The molecule has 0 bridgehead atoms. The van der Waals surface area contributed by atoms with Crippen molar-refractivity contribution in [2.45, 2.75) is 133 Å². The lowest BCUT2D eigenvalue weighted by molar-refractivity contribution is -0.351. The second kappa shape index (κ2) is 15.3. The van der Waals surface area contributed by atoms with Crippen LogP contribution in [0.25, 0.3) is 0 Å². The zero-order valence-electron chi connectivity index (χ0n) is 30.4. The molecule has 5 aliphatic rings. The van der Waals surface area contributed by atoms with Gasteiger partial charge in [0, 0.05) is 12.5 Å². The van der Waals surface area contributed by atoms with Crippen molar-refractivity contribution < 1.29 is 61.8 Å². The van der Waals surface area contributed by atoms with Crippen LogP contribution in [0.2, 0.25) is 0 Å². The van der Waals surface area contributed by atoms with Crippen LogP contribution in [0.15, 0.2) is 60.7 Å². The van der Waals surface area contributed by atoms with Crippen LogP contribution in [0.4, 0.5) is 0 Å². The summed E-state index contributed by atoms with van der Waals surface area (Å²) >= 11 is 0. The fraction of sp³-hybridized carbons (Fsp3) is 0.595. The fourth-order valence-electron chi connectivity index (χ4n) is 7.21. The highest BCUT2D eigenvalue weighted by Crippen LogP contribution is 2.44. The van der Waals surface area contributed by atoms with Crippen LogP contribution < -0.4 is 16.2 Å². The molecule has 7 rings (SSSR count). The average molecular weight is 742 g/mol. The van der Waals surface area contributed by atoms with E-state index in [1.165, 1.54) is 13.8 Å². The Morgan fingerprint density at radius 3 is 2.19 bits per heavy atom. The summed E-state index contributed by atoms with van der Waals surface area (Å²) in [6, 6.07) is 17.9. The number of rotatable bonds is 9. The number of ether oxygens (including phenoxy) is 10. The minimum atomic E-state index is -1.20. The number of fused-ring (bicyclic) bond motifs is 4. The number of hydrazine groups is 1. The van der Waals surface area contributed by atoms with Gasteiger partial charge in [0.15, 0.2) is 36.5 Å². The maximum Gasteiger partial charge on any atom is 0.270 e. The SMILES string of the molecule is CC(=O)N[C@H]1[C@@H](OCc2ccccc2)O[C@@H]2CO[C@H](c3ccccc3)O[C@@H]2[C@@H]1O[C@H](C)C(=O)NNC(=O)[C@H]1O[C@@H]2OC(C)(C)O[C@@H]2[C@H]2OC(C)(C)O[C@H]21. The van der Waals surface area contributed by atoms with E-state index >= 15 is 0 Å². The van der Waals surface area contributed by atoms with E-state index in [-0.39, 0.29) is 19.1 Å². The fourth-order valence-corrected chi connectivity index (χ4v) is 7.21. The molecule has 53 heavy (non-hydrogen) atoms. The van der Waals surface area contributed by atoms with Crippen molar-refractivity contribution in [1.82, 2.24) is 16.2 Å². The Morgan fingerprint density at radius 2 is 1.47 bits per heavy atom. The average Bonchev–Trinajstić information content (AvgIpc) is 3.63. The number of hydrogen-bond acceptors (Lipinski definition) is 13. The lowest BCUT2D eigenvalue weighted by Gasteiger charge is -2.49. The molecule has 5 aliphatic heterocycles. The second-order valence-corrected chi connectivity index (χ2v) is 14.6. The van der Waals surface area contributed by atoms with E-state index in [0.29, 0.717) is 0 Å². The van der Waals surface area contributed by atoms with E-state index in [0.717, 1.165) is 11.1 Å². The van der Waals surface area contributed by atoms with Gasteiger partial charge in [-0.15, -0.1) is 0 Å². The molecule has 0 aromatic heterocycles. The molecule has 2 aromatic carbocycles. The Bertz CT molecular complexity index is 1610. The summed E-state index contributed by atoms with van der Waals surface area (Å²) < 4.78 is 61.5. The van der Waals surface area contributed by atoms with E-state index in [1.807, 2.05) is 60.7 Å². The van der Waals surface area contributed by atoms with Gasteiger partial charge < -0.3 is 52.7 Å².